The Bertz CT molecular complexity index is 155. The fraction of sp³-hybridized carbons (Fsp3) is 1.00. The van der Waals surface area contributed by atoms with Crippen molar-refractivity contribution in [2.75, 3.05) is 5.75 Å². The summed E-state index contributed by atoms with van der Waals surface area (Å²) in [6, 6.07) is 0. The van der Waals surface area contributed by atoms with Crippen LogP contribution in [0.5, 0.6) is 0 Å². The molecule has 0 aromatic carbocycles. The summed E-state index contributed by atoms with van der Waals surface area (Å²) in [7, 11) is 0. The van der Waals surface area contributed by atoms with Crippen molar-refractivity contribution < 1.29 is 0 Å². The molecule has 0 saturated carbocycles. The van der Waals surface area contributed by atoms with Crippen molar-refractivity contribution in [3.63, 3.8) is 0 Å². The van der Waals surface area contributed by atoms with Gasteiger partial charge in [-0.3, -0.25) is 0 Å². The highest BCUT2D eigenvalue weighted by atomic mass is 32.1. The standard InChI is InChI=1S/C14H30S/c1-7-10(2)12(4)14(6)13(5)11(3)8-9-15/h10-15H,7-9H2,1-6H3. The third kappa shape index (κ3) is 4.80. The minimum atomic E-state index is 0.809. The lowest BCUT2D eigenvalue weighted by atomic mass is 9.73. The topological polar surface area (TPSA) is 0 Å². The molecule has 0 nitrogen and oxygen atoms in total. The second-order valence-electron chi connectivity index (χ2n) is 5.45. The van der Waals surface area contributed by atoms with Crippen molar-refractivity contribution in [2.24, 2.45) is 29.6 Å². The van der Waals surface area contributed by atoms with Crippen LogP contribution in [0.4, 0.5) is 0 Å². The van der Waals surface area contributed by atoms with Gasteiger partial charge in [0.1, 0.15) is 0 Å². The summed E-state index contributed by atoms with van der Waals surface area (Å²) in [5.74, 6) is 5.17. The van der Waals surface area contributed by atoms with E-state index in [2.05, 4.69) is 54.2 Å². The Kier molecular flexibility index (Phi) is 7.77. The summed E-state index contributed by atoms with van der Waals surface area (Å²) in [6.45, 7) is 14.3. The van der Waals surface area contributed by atoms with Crippen molar-refractivity contribution in [3.05, 3.63) is 0 Å². The predicted octanol–water partition coefficient (Wildman–Crippen LogP) is 4.90. The molecule has 0 aliphatic heterocycles. The average molecular weight is 230 g/mol. The molecule has 5 unspecified atom stereocenters. The predicted molar refractivity (Wildman–Crippen MR) is 74.6 cm³/mol. The summed E-state index contributed by atoms with van der Waals surface area (Å²) in [5.41, 5.74) is 0. The highest BCUT2D eigenvalue weighted by Gasteiger charge is 2.25. The van der Waals surface area contributed by atoms with E-state index in [0.29, 0.717) is 0 Å². The highest BCUT2D eigenvalue weighted by Crippen LogP contribution is 2.33. The van der Waals surface area contributed by atoms with Gasteiger partial charge in [0, 0.05) is 0 Å². The summed E-state index contributed by atoms with van der Waals surface area (Å²) >= 11 is 4.33. The van der Waals surface area contributed by atoms with Crippen LogP contribution in [-0.4, -0.2) is 5.75 Å². The molecule has 0 rings (SSSR count). The lowest BCUT2D eigenvalue weighted by Crippen LogP contribution is -2.26. The van der Waals surface area contributed by atoms with Gasteiger partial charge in [-0.1, -0.05) is 48.0 Å². The molecule has 92 valence electrons. The lowest BCUT2D eigenvalue weighted by Gasteiger charge is -2.33. The maximum Gasteiger partial charge on any atom is -0.00953 e. The maximum absolute atomic E-state index is 4.33. The van der Waals surface area contributed by atoms with E-state index in [1.54, 1.807) is 0 Å². The van der Waals surface area contributed by atoms with Gasteiger partial charge in [0.05, 0.1) is 0 Å². The van der Waals surface area contributed by atoms with Crippen LogP contribution in [0, 0.1) is 29.6 Å². The number of hydrogen-bond donors (Lipinski definition) is 1. The van der Waals surface area contributed by atoms with Gasteiger partial charge in [0.15, 0.2) is 0 Å². The minimum absolute atomic E-state index is 0.809. The first-order valence-electron chi connectivity index (χ1n) is 6.56. The quantitative estimate of drug-likeness (QED) is 0.591. The van der Waals surface area contributed by atoms with E-state index in [-0.39, 0.29) is 0 Å². The van der Waals surface area contributed by atoms with Crippen molar-refractivity contribution >= 4 is 12.6 Å². The van der Waals surface area contributed by atoms with Crippen LogP contribution in [0.25, 0.3) is 0 Å². The largest absolute Gasteiger partial charge is 0.179 e. The summed E-state index contributed by atoms with van der Waals surface area (Å²) in [6.07, 6.45) is 2.56. The number of thiol groups is 1. The highest BCUT2D eigenvalue weighted by molar-refractivity contribution is 7.80. The molecule has 0 fully saturated rings. The molecular weight excluding hydrogens is 200 g/mol. The fourth-order valence-electron chi connectivity index (χ4n) is 2.35. The molecule has 0 N–H and O–H groups in total. The summed E-state index contributed by atoms with van der Waals surface area (Å²) in [4.78, 5) is 0. The minimum Gasteiger partial charge on any atom is -0.179 e. The lowest BCUT2D eigenvalue weighted by molar-refractivity contribution is 0.165. The first-order valence-corrected chi connectivity index (χ1v) is 7.19. The molecule has 0 amide bonds. The zero-order valence-electron chi connectivity index (χ0n) is 11.5. The number of hydrogen-bond acceptors (Lipinski definition) is 1. The first-order chi connectivity index (χ1) is 6.95. The Morgan fingerprint density at radius 1 is 0.800 bits per heavy atom. The monoisotopic (exact) mass is 230 g/mol. The Hall–Kier alpha value is 0.350. The summed E-state index contributed by atoms with van der Waals surface area (Å²) in [5, 5.41) is 0. The molecule has 0 saturated heterocycles. The first kappa shape index (κ1) is 15.3. The molecule has 1 heteroatoms. The van der Waals surface area contributed by atoms with Crippen LogP contribution in [-0.2, 0) is 0 Å². The zero-order chi connectivity index (χ0) is 12.0. The molecule has 0 heterocycles. The zero-order valence-corrected chi connectivity index (χ0v) is 12.3. The average Bonchev–Trinajstić information content (AvgIpc) is 2.25. The van der Waals surface area contributed by atoms with Crippen molar-refractivity contribution in [2.45, 2.75) is 54.4 Å². The van der Waals surface area contributed by atoms with E-state index in [1.165, 1.54) is 12.8 Å². The molecule has 15 heavy (non-hydrogen) atoms. The molecule has 0 aromatic heterocycles. The Morgan fingerprint density at radius 2 is 1.27 bits per heavy atom. The van der Waals surface area contributed by atoms with Gasteiger partial charge in [0.2, 0.25) is 0 Å². The molecule has 0 radical (unpaired) electrons. The van der Waals surface area contributed by atoms with Crippen molar-refractivity contribution in [1.29, 1.82) is 0 Å². The van der Waals surface area contributed by atoms with Crippen LogP contribution < -0.4 is 0 Å². The van der Waals surface area contributed by atoms with E-state index in [1.807, 2.05) is 0 Å². The van der Waals surface area contributed by atoms with E-state index >= 15 is 0 Å². The van der Waals surface area contributed by atoms with E-state index in [4.69, 9.17) is 0 Å². The van der Waals surface area contributed by atoms with Gasteiger partial charge in [-0.15, -0.1) is 0 Å². The molecule has 0 spiro atoms. The van der Waals surface area contributed by atoms with Gasteiger partial charge in [-0.2, -0.15) is 12.6 Å². The molecule has 0 bridgehead atoms. The second kappa shape index (κ2) is 7.60. The van der Waals surface area contributed by atoms with Crippen molar-refractivity contribution in [1.82, 2.24) is 0 Å². The van der Waals surface area contributed by atoms with Crippen LogP contribution in [0.15, 0.2) is 0 Å². The van der Waals surface area contributed by atoms with Crippen molar-refractivity contribution in [3.8, 4) is 0 Å². The van der Waals surface area contributed by atoms with E-state index < -0.39 is 0 Å². The van der Waals surface area contributed by atoms with E-state index in [9.17, 15) is 0 Å². The maximum atomic E-state index is 4.33. The van der Waals surface area contributed by atoms with Gasteiger partial charge in [-0.25, -0.2) is 0 Å². The second-order valence-corrected chi connectivity index (χ2v) is 5.90. The van der Waals surface area contributed by atoms with Gasteiger partial charge >= 0.3 is 0 Å². The Morgan fingerprint density at radius 3 is 1.67 bits per heavy atom. The third-order valence-electron chi connectivity index (χ3n) is 4.68. The van der Waals surface area contributed by atoms with Gasteiger partial charge in [0.25, 0.3) is 0 Å². The SMILES string of the molecule is CCC(C)C(C)C(C)C(C)C(C)CCS. The molecule has 0 aromatic rings. The van der Waals surface area contributed by atoms with E-state index in [0.717, 1.165) is 35.3 Å². The van der Waals surface area contributed by atoms with Gasteiger partial charge in [-0.05, 0) is 41.8 Å². The molecule has 0 aliphatic carbocycles. The molecule has 5 atom stereocenters. The Labute approximate surface area is 103 Å². The summed E-state index contributed by atoms with van der Waals surface area (Å²) < 4.78 is 0. The smallest absolute Gasteiger partial charge is 0.00953 e. The van der Waals surface area contributed by atoms with Crippen LogP contribution in [0.3, 0.4) is 0 Å². The fourth-order valence-corrected chi connectivity index (χ4v) is 2.76. The van der Waals surface area contributed by atoms with Crippen LogP contribution in [0.2, 0.25) is 0 Å². The number of rotatable bonds is 7. The van der Waals surface area contributed by atoms with Crippen LogP contribution >= 0.6 is 12.6 Å². The molecular formula is C14H30S. The van der Waals surface area contributed by atoms with Gasteiger partial charge < -0.3 is 0 Å². The Balaban J connectivity index is 4.22. The third-order valence-corrected chi connectivity index (χ3v) is 4.94. The molecule has 0 aliphatic rings. The normalized spacial score (nSPS) is 21.8. The van der Waals surface area contributed by atoms with Crippen LogP contribution in [0.1, 0.15) is 54.4 Å².